The Labute approximate surface area is 123 Å². The van der Waals surface area contributed by atoms with Gasteiger partial charge in [-0.15, -0.1) is 0 Å². The maximum Gasteiger partial charge on any atom is 0.261 e. The SMILES string of the molecule is CCCCN(C)C(=O)c1cc(S(=O)(=O)Cl)cc(C)c1F. The van der Waals surface area contributed by atoms with Crippen LogP contribution in [0.1, 0.15) is 35.7 Å². The first-order chi connectivity index (χ1) is 9.18. The first-order valence-electron chi connectivity index (χ1n) is 6.18. The quantitative estimate of drug-likeness (QED) is 0.783. The zero-order valence-corrected chi connectivity index (χ0v) is 13.2. The zero-order chi connectivity index (χ0) is 15.5. The van der Waals surface area contributed by atoms with Gasteiger partial charge in [-0.1, -0.05) is 13.3 Å². The summed E-state index contributed by atoms with van der Waals surface area (Å²) in [5.74, 6) is -1.27. The standard InChI is InChI=1S/C13H17ClFNO3S/c1-4-5-6-16(3)13(17)11-8-10(20(14,18)19)7-9(2)12(11)15/h7-8H,4-6H2,1-3H3. The summed E-state index contributed by atoms with van der Waals surface area (Å²) in [6.45, 7) is 3.85. The summed E-state index contributed by atoms with van der Waals surface area (Å²) in [6, 6.07) is 2.09. The topological polar surface area (TPSA) is 54.5 Å². The molecule has 0 heterocycles. The number of carbonyl (C=O) groups excluding carboxylic acids is 1. The number of hydrogen-bond acceptors (Lipinski definition) is 3. The van der Waals surface area contributed by atoms with Crippen molar-refractivity contribution in [1.29, 1.82) is 0 Å². The third kappa shape index (κ3) is 3.93. The molecule has 0 atom stereocenters. The van der Waals surface area contributed by atoms with E-state index in [4.69, 9.17) is 10.7 Å². The molecule has 0 aliphatic heterocycles. The van der Waals surface area contributed by atoms with E-state index in [-0.39, 0.29) is 16.0 Å². The Morgan fingerprint density at radius 1 is 1.40 bits per heavy atom. The zero-order valence-electron chi connectivity index (χ0n) is 11.6. The number of nitrogens with zero attached hydrogens (tertiary/aromatic N) is 1. The van der Waals surface area contributed by atoms with Crippen molar-refractivity contribution in [1.82, 2.24) is 4.90 Å². The largest absolute Gasteiger partial charge is 0.342 e. The smallest absolute Gasteiger partial charge is 0.261 e. The summed E-state index contributed by atoms with van der Waals surface area (Å²) in [5.41, 5.74) is -0.207. The third-order valence-corrected chi connectivity index (χ3v) is 4.27. The molecule has 0 saturated heterocycles. The molecule has 1 aromatic carbocycles. The Morgan fingerprint density at radius 3 is 2.50 bits per heavy atom. The lowest BCUT2D eigenvalue weighted by molar-refractivity contribution is 0.0788. The molecule has 0 bridgehead atoms. The number of carbonyl (C=O) groups is 1. The van der Waals surface area contributed by atoms with Crippen molar-refractivity contribution in [3.8, 4) is 0 Å². The van der Waals surface area contributed by atoms with E-state index in [9.17, 15) is 17.6 Å². The van der Waals surface area contributed by atoms with Gasteiger partial charge in [-0.05, 0) is 31.0 Å². The molecule has 1 amide bonds. The number of rotatable bonds is 5. The summed E-state index contributed by atoms with van der Waals surface area (Å²) in [5, 5.41) is 0. The van der Waals surface area contributed by atoms with Gasteiger partial charge in [0.1, 0.15) is 5.82 Å². The number of aryl methyl sites for hydroxylation is 1. The van der Waals surface area contributed by atoms with Gasteiger partial charge in [0.25, 0.3) is 15.0 Å². The summed E-state index contributed by atoms with van der Waals surface area (Å²) in [4.78, 5) is 13.2. The maximum absolute atomic E-state index is 14.0. The Kier molecular flexibility index (Phi) is 5.53. The van der Waals surface area contributed by atoms with Crippen molar-refractivity contribution in [2.75, 3.05) is 13.6 Å². The van der Waals surface area contributed by atoms with Crippen molar-refractivity contribution in [2.45, 2.75) is 31.6 Å². The van der Waals surface area contributed by atoms with Crippen LogP contribution in [0.4, 0.5) is 4.39 Å². The Morgan fingerprint density at radius 2 is 2.00 bits per heavy atom. The normalized spacial score (nSPS) is 11.4. The lowest BCUT2D eigenvalue weighted by Gasteiger charge is -2.18. The summed E-state index contributed by atoms with van der Waals surface area (Å²) >= 11 is 0. The first kappa shape index (κ1) is 16.9. The van der Waals surface area contributed by atoms with E-state index in [0.717, 1.165) is 25.0 Å². The number of hydrogen-bond donors (Lipinski definition) is 0. The van der Waals surface area contributed by atoms with Crippen LogP contribution in [-0.4, -0.2) is 32.8 Å². The van der Waals surface area contributed by atoms with Crippen molar-refractivity contribution < 1.29 is 17.6 Å². The van der Waals surface area contributed by atoms with Gasteiger partial charge in [0.2, 0.25) is 0 Å². The first-order valence-corrected chi connectivity index (χ1v) is 8.49. The molecule has 0 aromatic heterocycles. The highest BCUT2D eigenvalue weighted by molar-refractivity contribution is 8.13. The molecule has 112 valence electrons. The van der Waals surface area contributed by atoms with Crippen LogP contribution in [0, 0.1) is 12.7 Å². The summed E-state index contributed by atoms with van der Waals surface area (Å²) < 4.78 is 36.7. The van der Waals surface area contributed by atoms with Gasteiger partial charge >= 0.3 is 0 Å². The Bertz CT molecular complexity index is 616. The van der Waals surface area contributed by atoms with Crippen LogP contribution in [0.2, 0.25) is 0 Å². The molecule has 0 aliphatic rings. The highest BCUT2D eigenvalue weighted by Crippen LogP contribution is 2.23. The van der Waals surface area contributed by atoms with E-state index in [1.807, 2.05) is 6.92 Å². The predicted octanol–water partition coefficient (Wildman–Crippen LogP) is 2.93. The Balaban J connectivity index is 3.24. The number of halogens is 2. The molecule has 4 nitrogen and oxygen atoms in total. The second-order valence-electron chi connectivity index (χ2n) is 4.62. The van der Waals surface area contributed by atoms with E-state index >= 15 is 0 Å². The molecule has 0 fully saturated rings. The third-order valence-electron chi connectivity index (χ3n) is 2.93. The van der Waals surface area contributed by atoms with Crippen molar-refractivity contribution in [3.63, 3.8) is 0 Å². The average Bonchev–Trinajstić information content (AvgIpc) is 2.36. The van der Waals surface area contributed by atoms with E-state index in [0.29, 0.717) is 6.54 Å². The lowest BCUT2D eigenvalue weighted by atomic mass is 10.1. The molecule has 0 radical (unpaired) electrons. The number of unbranched alkanes of at least 4 members (excludes halogenated alkanes) is 1. The molecular formula is C13H17ClFNO3S. The molecule has 1 aromatic rings. The van der Waals surface area contributed by atoms with Gasteiger partial charge in [-0.3, -0.25) is 4.79 Å². The predicted molar refractivity (Wildman–Crippen MR) is 76.0 cm³/mol. The van der Waals surface area contributed by atoms with Gasteiger partial charge in [0, 0.05) is 24.3 Å². The van der Waals surface area contributed by atoms with Gasteiger partial charge < -0.3 is 4.90 Å². The van der Waals surface area contributed by atoms with Crippen molar-refractivity contribution in [2.24, 2.45) is 0 Å². The monoisotopic (exact) mass is 321 g/mol. The second kappa shape index (κ2) is 6.54. The summed E-state index contributed by atoms with van der Waals surface area (Å²) in [7, 11) is 2.79. The van der Waals surface area contributed by atoms with Crippen molar-refractivity contribution in [3.05, 3.63) is 29.1 Å². The maximum atomic E-state index is 14.0. The fraction of sp³-hybridized carbons (Fsp3) is 0.462. The molecule has 0 saturated carbocycles. The minimum absolute atomic E-state index is 0.0685. The van der Waals surface area contributed by atoms with Crippen LogP contribution in [0.15, 0.2) is 17.0 Å². The van der Waals surface area contributed by atoms with Crippen LogP contribution in [-0.2, 0) is 9.05 Å². The van der Waals surface area contributed by atoms with Gasteiger partial charge in [-0.25, -0.2) is 12.8 Å². The van der Waals surface area contributed by atoms with Crippen LogP contribution in [0.3, 0.4) is 0 Å². The molecule has 0 N–H and O–H groups in total. The molecule has 0 spiro atoms. The number of benzene rings is 1. The highest BCUT2D eigenvalue weighted by Gasteiger charge is 2.22. The highest BCUT2D eigenvalue weighted by atomic mass is 35.7. The lowest BCUT2D eigenvalue weighted by Crippen LogP contribution is -2.28. The van der Waals surface area contributed by atoms with E-state index in [1.54, 1.807) is 7.05 Å². The second-order valence-corrected chi connectivity index (χ2v) is 7.19. The molecular weight excluding hydrogens is 305 g/mol. The molecule has 1 rings (SSSR count). The van der Waals surface area contributed by atoms with Crippen molar-refractivity contribution >= 4 is 25.6 Å². The van der Waals surface area contributed by atoms with Crippen LogP contribution < -0.4 is 0 Å². The van der Waals surface area contributed by atoms with Crippen LogP contribution in [0.25, 0.3) is 0 Å². The fourth-order valence-electron chi connectivity index (χ4n) is 1.74. The van der Waals surface area contributed by atoms with E-state index < -0.39 is 20.8 Å². The van der Waals surface area contributed by atoms with Gasteiger partial charge in [0.05, 0.1) is 10.5 Å². The van der Waals surface area contributed by atoms with Gasteiger partial charge in [-0.2, -0.15) is 0 Å². The van der Waals surface area contributed by atoms with E-state index in [1.165, 1.54) is 11.8 Å². The van der Waals surface area contributed by atoms with Crippen LogP contribution in [0.5, 0.6) is 0 Å². The van der Waals surface area contributed by atoms with Crippen LogP contribution >= 0.6 is 10.7 Å². The number of amides is 1. The summed E-state index contributed by atoms with van der Waals surface area (Å²) in [6.07, 6.45) is 1.69. The molecule has 7 heteroatoms. The minimum atomic E-state index is -4.01. The van der Waals surface area contributed by atoms with Gasteiger partial charge in [0.15, 0.2) is 0 Å². The minimum Gasteiger partial charge on any atom is -0.342 e. The fourth-order valence-corrected chi connectivity index (χ4v) is 2.58. The average molecular weight is 322 g/mol. The molecule has 0 unspecified atom stereocenters. The van der Waals surface area contributed by atoms with E-state index in [2.05, 4.69) is 0 Å². The Hall–Kier alpha value is -1.14. The molecule has 20 heavy (non-hydrogen) atoms. The molecule has 0 aliphatic carbocycles.